The molecule has 0 saturated heterocycles. The summed E-state index contributed by atoms with van der Waals surface area (Å²) in [5.74, 6) is -0.116. The van der Waals surface area contributed by atoms with Crippen molar-refractivity contribution < 1.29 is 9.53 Å². The molecule has 1 atom stereocenters. The number of amides is 1. The van der Waals surface area contributed by atoms with Crippen molar-refractivity contribution in [1.82, 2.24) is 5.32 Å². The summed E-state index contributed by atoms with van der Waals surface area (Å²) in [7, 11) is 0. The Kier molecular flexibility index (Phi) is 7.32. The lowest BCUT2D eigenvalue weighted by molar-refractivity contribution is -0.126. The Labute approximate surface area is 90.2 Å². The maximum Gasteiger partial charge on any atom is 0.246 e. The number of hydrogen-bond acceptors (Lipinski definition) is 3. The quantitative estimate of drug-likeness (QED) is 0.614. The summed E-state index contributed by atoms with van der Waals surface area (Å²) in [6.07, 6.45) is 1.36. The van der Waals surface area contributed by atoms with Crippen LogP contribution in [-0.2, 0) is 9.53 Å². The highest BCUT2D eigenvalue weighted by Crippen LogP contribution is 1.97. The molecule has 0 aliphatic carbocycles. The second-order valence-electron chi connectivity index (χ2n) is 2.98. The van der Waals surface area contributed by atoms with Crippen LogP contribution < -0.4 is 11.1 Å². The third-order valence-corrected chi connectivity index (χ3v) is 1.91. The first-order valence-electron chi connectivity index (χ1n) is 4.75. The summed E-state index contributed by atoms with van der Waals surface area (Å²) in [5.41, 5.74) is 5.39. The lowest BCUT2D eigenvalue weighted by Crippen LogP contribution is -2.39. The molecule has 0 aromatic heterocycles. The highest BCUT2D eigenvalue weighted by Gasteiger charge is 2.10. The van der Waals surface area contributed by atoms with E-state index in [0.717, 1.165) is 6.42 Å². The summed E-state index contributed by atoms with van der Waals surface area (Å²) in [6, 6.07) is 0.0282. The summed E-state index contributed by atoms with van der Waals surface area (Å²) in [4.78, 5) is 11.7. The molecule has 0 bridgehead atoms. The number of nitrogens with two attached hydrogens (primary N) is 1. The molecule has 0 radical (unpaired) electrons. The van der Waals surface area contributed by atoms with E-state index in [1.807, 2.05) is 13.8 Å². The minimum atomic E-state index is -0.116. The first kappa shape index (κ1) is 13.3. The number of hydrogen-bond donors (Lipinski definition) is 2. The van der Waals surface area contributed by atoms with Crippen molar-refractivity contribution in [3.8, 4) is 0 Å². The van der Waals surface area contributed by atoms with Crippen LogP contribution in [0.3, 0.4) is 0 Å². The zero-order valence-electron chi connectivity index (χ0n) is 8.71. The van der Waals surface area contributed by atoms with Crippen molar-refractivity contribution in [2.75, 3.05) is 13.2 Å². The fraction of sp³-hybridized carbons (Fsp3) is 0.778. The van der Waals surface area contributed by atoms with E-state index in [9.17, 15) is 4.79 Å². The zero-order valence-corrected chi connectivity index (χ0v) is 9.52. The van der Waals surface area contributed by atoms with Gasteiger partial charge in [-0.3, -0.25) is 4.79 Å². The van der Waals surface area contributed by atoms with Crippen LogP contribution in [0.15, 0.2) is 0 Å². The molecule has 0 aromatic rings. The molecule has 0 spiro atoms. The fourth-order valence-corrected chi connectivity index (χ4v) is 1.21. The Morgan fingerprint density at radius 1 is 1.57 bits per heavy atom. The average molecular weight is 218 g/mol. The number of nitrogens with one attached hydrogen (secondary N) is 1. The topological polar surface area (TPSA) is 64.3 Å². The zero-order chi connectivity index (χ0) is 11.0. The molecule has 4 nitrogen and oxygen atoms in total. The molecule has 0 fully saturated rings. The molecule has 14 heavy (non-hydrogen) atoms. The number of carbonyl (C=O) groups excluding carboxylic acids is 1. The number of rotatable bonds is 7. The van der Waals surface area contributed by atoms with E-state index in [-0.39, 0.29) is 18.6 Å². The van der Waals surface area contributed by atoms with E-state index in [1.54, 1.807) is 0 Å². The van der Waals surface area contributed by atoms with E-state index in [1.165, 1.54) is 0 Å². The molecular weight excluding hydrogens is 200 g/mol. The van der Waals surface area contributed by atoms with E-state index in [2.05, 4.69) is 5.32 Å². The van der Waals surface area contributed by atoms with Gasteiger partial charge in [-0.1, -0.05) is 19.1 Å². The molecule has 5 heteroatoms. The van der Waals surface area contributed by atoms with Crippen molar-refractivity contribution in [3.05, 3.63) is 0 Å². The fourth-order valence-electron chi connectivity index (χ4n) is 1.00. The largest absolute Gasteiger partial charge is 0.393 e. The Morgan fingerprint density at radius 2 is 2.21 bits per heavy atom. The second-order valence-corrected chi connectivity index (χ2v) is 3.50. The van der Waals surface area contributed by atoms with E-state index >= 15 is 0 Å². The van der Waals surface area contributed by atoms with Crippen LogP contribution in [0.25, 0.3) is 0 Å². The van der Waals surface area contributed by atoms with Gasteiger partial charge in [-0.2, -0.15) is 0 Å². The maximum atomic E-state index is 11.2. The van der Waals surface area contributed by atoms with Gasteiger partial charge in [0.15, 0.2) is 0 Å². The van der Waals surface area contributed by atoms with Gasteiger partial charge in [0.25, 0.3) is 0 Å². The van der Waals surface area contributed by atoms with Crippen molar-refractivity contribution >= 4 is 23.1 Å². The van der Waals surface area contributed by atoms with Gasteiger partial charge in [0, 0.05) is 19.1 Å². The lowest BCUT2D eigenvalue weighted by atomic mass is 10.1. The molecule has 0 aliphatic heterocycles. The van der Waals surface area contributed by atoms with Crippen molar-refractivity contribution in [2.24, 2.45) is 5.73 Å². The Bertz CT molecular complexity index is 197. The molecule has 3 N–H and O–H groups in total. The van der Waals surface area contributed by atoms with Crippen LogP contribution >= 0.6 is 12.2 Å². The Morgan fingerprint density at radius 3 is 2.64 bits per heavy atom. The van der Waals surface area contributed by atoms with E-state index in [4.69, 9.17) is 22.7 Å². The van der Waals surface area contributed by atoms with Gasteiger partial charge >= 0.3 is 0 Å². The normalized spacial score (nSPS) is 12.1. The summed E-state index contributed by atoms with van der Waals surface area (Å²) in [6.45, 7) is 4.47. The SMILES string of the molecule is CCOCC(=O)NC(CC)CC(N)=S. The Hall–Kier alpha value is -0.680. The first-order chi connectivity index (χ1) is 6.60. The van der Waals surface area contributed by atoms with Gasteiger partial charge in [-0.05, 0) is 13.3 Å². The highest BCUT2D eigenvalue weighted by atomic mass is 32.1. The number of carbonyl (C=O) groups is 1. The van der Waals surface area contributed by atoms with Crippen LogP contribution in [0.2, 0.25) is 0 Å². The van der Waals surface area contributed by atoms with Crippen LogP contribution in [0.5, 0.6) is 0 Å². The minimum absolute atomic E-state index is 0.0282. The molecule has 0 heterocycles. The second kappa shape index (κ2) is 7.70. The third kappa shape index (κ3) is 6.80. The molecule has 1 unspecified atom stereocenters. The van der Waals surface area contributed by atoms with E-state index < -0.39 is 0 Å². The smallest absolute Gasteiger partial charge is 0.246 e. The average Bonchev–Trinajstić information content (AvgIpc) is 2.12. The summed E-state index contributed by atoms with van der Waals surface area (Å²) >= 11 is 4.77. The molecule has 0 aliphatic rings. The summed E-state index contributed by atoms with van der Waals surface area (Å²) < 4.78 is 4.97. The lowest BCUT2D eigenvalue weighted by Gasteiger charge is -2.15. The van der Waals surface area contributed by atoms with Gasteiger partial charge in [-0.25, -0.2) is 0 Å². The summed E-state index contributed by atoms with van der Waals surface area (Å²) in [5, 5.41) is 2.80. The predicted octanol–water partition coefficient (Wildman–Crippen LogP) is 0.594. The van der Waals surface area contributed by atoms with Gasteiger partial charge in [0.1, 0.15) is 6.61 Å². The van der Waals surface area contributed by atoms with Crippen molar-refractivity contribution in [1.29, 1.82) is 0 Å². The Balaban J connectivity index is 3.80. The molecule has 0 rings (SSSR count). The van der Waals surface area contributed by atoms with Crippen molar-refractivity contribution in [2.45, 2.75) is 32.7 Å². The molecule has 0 aromatic carbocycles. The van der Waals surface area contributed by atoms with E-state index in [0.29, 0.717) is 18.0 Å². The molecule has 0 saturated carbocycles. The van der Waals surface area contributed by atoms with Crippen LogP contribution in [0.1, 0.15) is 26.7 Å². The first-order valence-corrected chi connectivity index (χ1v) is 5.16. The van der Waals surface area contributed by atoms with Crippen LogP contribution in [-0.4, -0.2) is 30.2 Å². The standard InChI is InChI=1S/C9H18N2O2S/c1-3-7(5-8(10)14)11-9(12)6-13-4-2/h7H,3-6H2,1-2H3,(H2,10,14)(H,11,12). The third-order valence-electron chi connectivity index (χ3n) is 1.74. The van der Waals surface area contributed by atoms with Crippen LogP contribution in [0.4, 0.5) is 0 Å². The van der Waals surface area contributed by atoms with Gasteiger partial charge in [0.05, 0.1) is 4.99 Å². The van der Waals surface area contributed by atoms with Gasteiger partial charge in [-0.15, -0.1) is 0 Å². The van der Waals surface area contributed by atoms with Crippen molar-refractivity contribution in [3.63, 3.8) is 0 Å². The molecular formula is C9H18N2O2S. The predicted molar refractivity (Wildman–Crippen MR) is 60.1 cm³/mol. The molecule has 82 valence electrons. The number of ether oxygens (including phenoxy) is 1. The maximum absolute atomic E-state index is 11.2. The van der Waals surface area contributed by atoms with Crippen LogP contribution in [0, 0.1) is 0 Å². The highest BCUT2D eigenvalue weighted by molar-refractivity contribution is 7.80. The monoisotopic (exact) mass is 218 g/mol. The molecule has 1 amide bonds. The number of thiocarbonyl (C=S) groups is 1. The van der Waals surface area contributed by atoms with Gasteiger partial charge < -0.3 is 15.8 Å². The minimum Gasteiger partial charge on any atom is -0.393 e. The van der Waals surface area contributed by atoms with Gasteiger partial charge in [0.2, 0.25) is 5.91 Å².